The molecule has 25 heteroatoms. The van der Waals surface area contributed by atoms with E-state index >= 15 is 0 Å². The number of anilines is 4. The lowest BCUT2D eigenvalue weighted by Gasteiger charge is -2.28. The molecule has 0 aliphatic rings. The van der Waals surface area contributed by atoms with Crippen LogP contribution in [0.1, 0.15) is 38.9 Å². The Balaban J connectivity index is 0.000000303. The molecule has 4 rings (SSSR count). The third kappa shape index (κ3) is 9.34. The molecule has 0 aliphatic heterocycles. The predicted molar refractivity (Wildman–Crippen MR) is 156 cm³/mol. The molecule has 0 saturated heterocycles. The highest BCUT2D eigenvalue weighted by Crippen LogP contribution is 2.57. The SMILES string of the molecule is Nc1ccc(-c2c(C(F)(F)F)c(C(F)(F)F)c(N)c(C(F)(F)F)c2C(F)(F)F)cc1.Nc1ccc(-c2c(C(F)(F)F)cc(N)c(C(F)(F)F)c2C(F)(F)F)cc1. The van der Waals surface area contributed by atoms with Gasteiger partial charge in [-0.1, -0.05) is 24.3 Å². The van der Waals surface area contributed by atoms with Gasteiger partial charge in [-0.25, -0.2) is 0 Å². The van der Waals surface area contributed by atoms with Crippen molar-refractivity contribution in [3.05, 3.63) is 93.5 Å². The number of benzene rings is 4. The van der Waals surface area contributed by atoms with Gasteiger partial charge in [0.1, 0.15) is 0 Å². The first-order valence-corrected chi connectivity index (χ1v) is 14.1. The maximum atomic E-state index is 13.6. The monoisotopic (exact) mass is 844 g/mol. The van der Waals surface area contributed by atoms with Crippen LogP contribution in [0.3, 0.4) is 0 Å². The van der Waals surface area contributed by atoms with E-state index in [9.17, 15) is 92.2 Å². The first-order valence-electron chi connectivity index (χ1n) is 14.1. The molecule has 0 heterocycles. The summed E-state index contributed by atoms with van der Waals surface area (Å²) in [6, 6.07) is 5.63. The van der Waals surface area contributed by atoms with Crippen LogP contribution < -0.4 is 22.9 Å². The summed E-state index contributed by atoms with van der Waals surface area (Å²) < 4.78 is 281. The van der Waals surface area contributed by atoms with Gasteiger partial charge in [0, 0.05) is 28.2 Å². The average molecular weight is 844 g/mol. The summed E-state index contributed by atoms with van der Waals surface area (Å²) in [4.78, 5) is 0. The molecule has 4 aromatic rings. The maximum absolute atomic E-state index is 13.6. The van der Waals surface area contributed by atoms with Gasteiger partial charge in [-0.2, -0.15) is 92.2 Å². The fraction of sp³-hybridized carbons (Fsp3) is 0.226. The van der Waals surface area contributed by atoms with Crippen LogP contribution in [0.15, 0.2) is 54.6 Å². The number of nitrogen functional groups attached to an aromatic ring is 4. The van der Waals surface area contributed by atoms with Crippen molar-refractivity contribution in [3.8, 4) is 22.3 Å². The summed E-state index contributed by atoms with van der Waals surface area (Å²) in [5.74, 6) is 0. The number of hydrogen-bond donors (Lipinski definition) is 4. The second kappa shape index (κ2) is 14.3. The molecule has 4 aromatic carbocycles. The Labute approximate surface area is 297 Å². The van der Waals surface area contributed by atoms with Gasteiger partial charge in [0.05, 0.1) is 44.6 Å². The molecular formula is C31H17F21N4. The Morgan fingerprint density at radius 3 is 0.839 bits per heavy atom. The minimum atomic E-state index is -6.17. The third-order valence-corrected chi connectivity index (χ3v) is 7.30. The normalized spacial score (nSPS) is 13.4. The first-order chi connectivity index (χ1) is 24.9. The van der Waals surface area contributed by atoms with Gasteiger partial charge in [0.2, 0.25) is 0 Å². The summed E-state index contributed by atoms with van der Waals surface area (Å²) in [6.45, 7) is 0. The molecule has 0 fully saturated rings. The van der Waals surface area contributed by atoms with Crippen molar-refractivity contribution in [2.45, 2.75) is 43.2 Å². The molecule has 0 radical (unpaired) electrons. The zero-order valence-corrected chi connectivity index (χ0v) is 26.4. The Morgan fingerprint density at radius 1 is 0.304 bits per heavy atom. The number of halogens is 21. The number of hydrogen-bond acceptors (Lipinski definition) is 4. The molecule has 0 atom stereocenters. The lowest BCUT2D eigenvalue weighted by molar-refractivity contribution is -0.169. The lowest BCUT2D eigenvalue weighted by atomic mass is 9.84. The molecular weight excluding hydrogens is 827 g/mol. The molecule has 0 spiro atoms. The van der Waals surface area contributed by atoms with E-state index < -0.39 is 116 Å². The van der Waals surface area contributed by atoms with E-state index in [2.05, 4.69) is 5.73 Å². The second-order valence-electron chi connectivity index (χ2n) is 11.2. The van der Waals surface area contributed by atoms with E-state index in [0.29, 0.717) is 24.3 Å². The first kappa shape index (κ1) is 45.0. The largest absolute Gasteiger partial charge is 0.419 e. The number of nitrogens with two attached hydrogens (primary N) is 4. The van der Waals surface area contributed by atoms with Gasteiger partial charge < -0.3 is 22.9 Å². The van der Waals surface area contributed by atoms with Gasteiger partial charge in [-0.15, -0.1) is 0 Å². The minimum absolute atomic E-state index is 0.00218. The Bertz CT molecular complexity index is 2010. The molecule has 0 unspecified atom stereocenters. The number of alkyl halides is 21. The van der Waals surface area contributed by atoms with Gasteiger partial charge in [-0.05, 0) is 41.5 Å². The van der Waals surface area contributed by atoms with Crippen molar-refractivity contribution in [3.63, 3.8) is 0 Å². The molecule has 0 aliphatic carbocycles. The van der Waals surface area contributed by atoms with Crippen LogP contribution in [0.4, 0.5) is 115 Å². The van der Waals surface area contributed by atoms with Crippen molar-refractivity contribution in [1.82, 2.24) is 0 Å². The fourth-order valence-electron chi connectivity index (χ4n) is 5.33. The van der Waals surface area contributed by atoms with E-state index in [1.165, 1.54) is 0 Å². The lowest BCUT2D eigenvalue weighted by Crippen LogP contribution is -2.28. The molecule has 308 valence electrons. The summed E-state index contributed by atoms with van der Waals surface area (Å²) in [5, 5.41) is 0. The highest BCUT2D eigenvalue weighted by molar-refractivity contribution is 5.82. The highest BCUT2D eigenvalue weighted by atomic mass is 19.4. The quantitative estimate of drug-likeness (QED) is 0.119. The molecule has 4 nitrogen and oxygen atoms in total. The van der Waals surface area contributed by atoms with Crippen molar-refractivity contribution in [2.24, 2.45) is 0 Å². The molecule has 0 bridgehead atoms. The number of rotatable bonds is 2. The Hall–Kier alpha value is -5.39. The average Bonchev–Trinajstić information content (AvgIpc) is 2.97. The third-order valence-electron chi connectivity index (χ3n) is 7.30. The zero-order valence-electron chi connectivity index (χ0n) is 26.4. The van der Waals surface area contributed by atoms with Crippen LogP contribution in [0, 0.1) is 0 Å². The van der Waals surface area contributed by atoms with Gasteiger partial charge >= 0.3 is 43.2 Å². The van der Waals surface area contributed by atoms with Crippen LogP contribution in [0.2, 0.25) is 0 Å². The second-order valence-corrected chi connectivity index (χ2v) is 11.2. The van der Waals surface area contributed by atoms with Gasteiger partial charge in [-0.3, -0.25) is 0 Å². The molecule has 0 aromatic heterocycles. The fourth-order valence-corrected chi connectivity index (χ4v) is 5.33. The minimum Gasteiger partial charge on any atom is -0.399 e. The van der Waals surface area contributed by atoms with Crippen LogP contribution in [-0.4, -0.2) is 0 Å². The highest BCUT2D eigenvalue weighted by Gasteiger charge is 2.56. The summed E-state index contributed by atoms with van der Waals surface area (Å²) in [6.07, 6.45) is -41.4. The Morgan fingerprint density at radius 2 is 0.571 bits per heavy atom. The van der Waals surface area contributed by atoms with Crippen LogP contribution >= 0.6 is 0 Å². The van der Waals surface area contributed by atoms with Crippen LogP contribution in [0.5, 0.6) is 0 Å². The van der Waals surface area contributed by atoms with Crippen LogP contribution in [-0.2, 0) is 43.2 Å². The van der Waals surface area contributed by atoms with E-state index in [-0.39, 0.29) is 17.4 Å². The molecule has 0 saturated carbocycles. The smallest absolute Gasteiger partial charge is 0.399 e. The molecule has 56 heavy (non-hydrogen) atoms. The van der Waals surface area contributed by atoms with E-state index in [1.807, 2.05) is 0 Å². The topological polar surface area (TPSA) is 104 Å². The zero-order chi connectivity index (χ0) is 43.5. The van der Waals surface area contributed by atoms with Crippen molar-refractivity contribution < 1.29 is 92.2 Å². The van der Waals surface area contributed by atoms with E-state index in [0.717, 1.165) is 24.3 Å². The van der Waals surface area contributed by atoms with Gasteiger partial charge in [0.25, 0.3) is 0 Å². The van der Waals surface area contributed by atoms with Gasteiger partial charge in [0.15, 0.2) is 0 Å². The Kier molecular flexibility index (Phi) is 11.5. The van der Waals surface area contributed by atoms with E-state index in [1.54, 1.807) is 0 Å². The summed E-state index contributed by atoms with van der Waals surface area (Å²) in [5.41, 5.74) is -9.32. The molecule has 0 amide bonds. The summed E-state index contributed by atoms with van der Waals surface area (Å²) >= 11 is 0. The molecule has 8 N–H and O–H groups in total. The predicted octanol–water partition coefficient (Wildman–Crippen LogP) is 12.2. The van der Waals surface area contributed by atoms with E-state index in [4.69, 9.17) is 17.2 Å². The standard InChI is InChI=1S/C16H8F12N2.C15H9F9N2/c17-13(18,19)8-7(5-1-3-6(29)4-2-5)9(14(20,21)22)11(16(26,27)28)12(30)10(8)15(23,24)25;16-13(17,18)8-5-9(26)11(14(19,20)21)12(15(22,23)24)10(8)6-1-3-7(25)4-2-6/h1-4H,29-30H2;1-5H,25-26H2. The summed E-state index contributed by atoms with van der Waals surface area (Å²) in [7, 11) is 0. The van der Waals surface area contributed by atoms with Crippen LogP contribution in [0.25, 0.3) is 22.3 Å². The maximum Gasteiger partial charge on any atom is 0.419 e. The van der Waals surface area contributed by atoms with Crippen molar-refractivity contribution in [2.75, 3.05) is 22.9 Å². The van der Waals surface area contributed by atoms with Crippen molar-refractivity contribution >= 4 is 22.7 Å². The van der Waals surface area contributed by atoms with Crippen molar-refractivity contribution in [1.29, 1.82) is 0 Å².